The number of carbonyl (C=O) groups excluding carboxylic acids is 10. The van der Waals surface area contributed by atoms with Gasteiger partial charge in [-0.1, -0.05) is 55.0 Å². The quantitative estimate of drug-likeness (QED) is 0.0424. The number of H-pyrrole nitrogens is 1. The number of rotatable bonds is 20. The van der Waals surface area contributed by atoms with Crippen molar-refractivity contribution in [3.8, 4) is 0 Å². The van der Waals surface area contributed by atoms with E-state index >= 15 is 0 Å². The van der Waals surface area contributed by atoms with Crippen LogP contribution in [-0.4, -0.2) is 119 Å². The minimum absolute atomic E-state index is 0.0177. The van der Waals surface area contributed by atoms with E-state index in [1.54, 1.807) is 36.5 Å². The Hall–Kier alpha value is -7.98. The van der Waals surface area contributed by atoms with Gasteiger partial charge >= 0.3 is 0 Å². The summed E-state index contributed by atoms with van der Waals surface area (Å²) in [4.78, 5) is 149. The molecule has 16 N–H and O–H groups in total. The molecule has 0 bridgehead atoms. The van der Waals surface area contributed by atoms with E-state index in [-0.39, 0.29) is 139 Å². The van der Waals surface area contributed by atoms with Gasteiger partial charge in [-0.15, -0.1) is 0 Å². The number of amides is 6. The third-order valence-corrected chi connectivity index (χ3v) is 13.4. The first-order valence-electron chi connectivity index (χ1n) is 26.2. The van der Waals surface area contributed by atoms with Crippen LogP contribution in [0.4, 0.5) is 0 Å². The lowest BCUT2D eigenvalue weighted by Crippen LogP contribution is -2.58. The summed E-state index contributed by atoms with van der Waals surface area (Å²) in [5, 5.41) is 14.3. The Morgan fingerprint density at radius 2 is 1.34 bits per heavy atom. The molecule has 6 amide bonds. The van der Waals surface area contributed by atoms with Crippen LogP contribution >= 0.6 is 0 Å². The molecule has 77 heavy (non-hydrogen) atoms. The molecule has 0 aliphatic carbocycles. The summed E-state index contributed by atoms with van der Waals surface area (Å²) >= 11 is 0. The van der Waals surface area contributed by atoms with Crippen molar-refractivity contribution in [3.05, 3.63) is 71.9 Å². The standard InChI is InChI=1S/C54H77N13O10/c1-32(68)13-10-21-43-51(76)67-45(27-34-14-4-3-5-15-34)47(72)29-35(16-11-25-60-53(56)57)46(71)30-36(28-37-31-62-40-19-9-7-18-39(37)40)49(74)64-41(48(55)73)20-8-6-17-38(70)23-24-44(52(77)65-43)66-50(75)42(63-33(2)69)22-12-26-61-54(58)59/h3-5,7,9,14-15,18-19,31,35-36,41-45,62H,6,8,10-13,16-17,20-30H2,1-2H3,(H2,55,73)(H,63,69)(H,64,74)(H,65,77)(H,66,75)(H,67,76)(H4,56,57,60)(H4,58,59,61)/t35-,36-,41+,42+,43+,44+,45-/m1/s1. The first-order valence-corrected chi connectivity index (χ1v) is 26.2. The van der Waals surface area contributed by atoms with E-state index in [0.717, 1.165) is 16.5 Å². The van der Waals surface area contributed by atoms with Crippen molar-refractivity contribution in [2.24, 2.45) is 50.5 Å². The summed E-state index contributed by atoms with van der Waals surface area (Å²) in [7, 11) is 0. The van der Waals surface area contributed by atoms with Crippen LogP contribution in [0.5, 0.6) is 0 Å². The molecule has 1 aliphatic rings. The lowest BCUT2D eigenvalue weighted by molar-refractivity contribution is -0.135. The Kier molecular flexibility index (Phi) is 25.4. The molecule has 23 nitrogen and oxygen atoms in total. The monoisotopic (exact) mass is 1070 g/mol. The minimum Gasteiger partial charge on any atom is -0.370 e. The van der Waals surface area contributed by atoms with Crippen molar-refractivity contribution >= 4 is 81.4 Å². The van der Waals surface area contributed by atoms with Gasteiger partial charge in [0, 0.05) is 81.1 Å². The first-order chi connectivity index (χ1) is 36.7. The normalized spacial score (nSPS) is 21.1. The average molecular weight is 1070 g/mol. The lowest BCUT2D eigenvalue weighted by Gasteiger charge is -2.27. The molecule has 1 aromatic heterocycles. The molecule has 0 spiro atoms. The lowest BCUT2D eigenvalue weighted by atomic mass is 9.83. The number of nitrogens with zero attached hydrogens (tertiary/aromatic N) is 2. The maximum Gasteiger partial charge on any atom is 0.243 e. The number of hydrogen-bond acceptors (Lipinski definition) is 12. The Labute approximate surface area is 448 Å². The maximum atomic E-state index is 14.8. The molecular formula is C54H77N13O10. The van der Waals surface area contributed by atoms with Gasteiger partial charge in [-0.3, -0.25) is 53.1 Å². The number of Topliss-reactive ketones (excluding diaryl/α,β-unsaturated/α-hetero) is 4. The molecule has 2 aromatic carbocycles. The van der Waals surface area contributed by atoms with Gasteiger partial charge in [0.2, 0.25) is 35.4 Å². The summed E-state index contributed by atoms with van der Waals surface area (Å²) in [6.07, 6.45) is 1.86. The molecule has 2 heterocycles. The van der Waals surface area contributed by atoms with Crippen molar-refractivity contribution in [1.82, 2.24) is 31.6 Å². The summed E-state index contributed by atoms with van der Waals surface area (Å²) in [5.74, 6) is -8.35. The Balaban J connectivity index is 1.79. The number of para-hydroxylation sites is 1. The zero-order valence-corrected chi connectivity index (χ0v) is 44.1. The van der Waals surface area contributed by atoms with E-state index in [1.165, 1.54) is 13.8 Å². The van der Waals surface area contributed by atoms with E-state index in [2.05, 4.69) is 41.6 Å². The minimum atomic E-state index is -1.44. The van der Waals surface area contributed by atoms with Crippen LogP contribution < -0.4 is 55.3 Å². The van der Waals surface area contributed by atoms with Gasteiger partial charge in [-0.2, -0.15) is 0 Å². The van der Waals surface area contributed by atoms with Gasteiger partial charge in [-0.25, -0.2) is 0 Å². The molecule has 23 heteroatoms. The van der Waals surface area contributed by atoms with Crippen molar-refractivity contribution in [2.75, 3.05) is 13.1 Å². The topological polar surface area (TPSA) is 401 Å². The summed E-state index contributed by atoms with van der Waals surface area (Å²) in [6, 6.07) is 9.78. The van der Waals surface area contributed by atoms with Crippen LogP contribution in [0.15, 0.2) is 70.8 Å². The summed E-state index contributed by atoms with van der Waals surface area (Å²) in [5.41, 5.74) is 30.1. The van der Waals surface area contributed by atoms with Gasteiger partial charge < -0.3 is 65.0 Å². The van der Waals surface area contributed by atoms with Crippen molar-refractivity contribution in [3.63, 3.8) is 0 Å². The molecule has 1 aliphatic heterocycles. The maximum absolute atomic E-state index is 14.8. The van der Waals surface area contributed by atoms with Crippen LogP contribution in [0.25, 0.3) is 10.9 Å². The van der Waals surface area contributed by atoms with Crippen LogP contribution in [0, 0.1) is 11.8 Å². The molecular weight excluding hydrogens is 991 g/mol. The SMILES string of the molecule is CC(=O)CCC[C@@H]1NC(=O)[C@@H](NC(=O)[C@H](CCCN=C(N)N)NC(C)=O)CCC(=O)CCCC[C@@H](C(N)=O)NC(=O)[C@H](Cc2c[nH]c3ccccc23)CC(=O)[C@H](CCCN=C(N)N)CC(=O)[C@@H](Cc2ccccc2)NC1=O. The Morgan fingerprint density at radius 1 is 0.675 bits per heavy atom. The second kappa shape index (κ2) is 31.8. The highest BCUT2D eigenvalue weighted by Gasteiger charge is 2.35. The third kappa shape index (κ3) is 22.0. The number of benzene rings is 2. The summed E-state index contributed by atoms with van der Waals surface area (Å²) < 4.78 is 0. The molecule has 418 valence electrons. The van der Waals surface area contributed by atoms with Gasteiger partial charge in [0.25, 0.3) is 0 Å². The molecule has 0 radical (unpaired) electrons. The van der Waals surface area contributed by atoms with Crippen molar-refractivity contribution < 1.29 is 47.9 Å². The molecule has 1 saturated heterocycles. The molecule has 1 fully saturated rings. The van der Waals surface area contributed by atoms with Gasteiger partial charge in [-0.05, 0) is 94.7 Å². The Bertz CT molecular complexity index is 2590. The number of primary amides is 1. The van der Waals surface area contributed by atoms with Gasteiger partial charge in [0.1, 0.15) is 41.5 Å². The van der Waals surface area contributed by atoms with E-state index in [9.17, 15) is 47.9 Å². The number of fused-ring (bicyclic) bond motifs is 1. The highest BCUT2D eigenvalue weighted by molar-refractivity contribution is 5.98. The highest BCUT2D eigenvalue weighted by Crippen LogP contribution is 2.26. The number of aromatic amines is 1. The predicted octanol–water partition coefficient (Wildman–Crippen LogP) is 0.823. The number of hydrogen-bond donors (Lipinski definition) is 11. The van der Waals surface area contributed by atoms with Crippen molar-refractivity contribution in [1.29, 1.82) is 0 Å². The molecule has 3 aromatic rings. The molecule has 0 saturated carbocycles. The largest absolute Gasteiger partial charge is 0.370 e. The smallest absolute Gasteiger partial charge is 0.243 e. The summed E-state index contributed by atoms with van der Waals surface area (Å²) in [6.45, 7) is 2.83. The van der Waals surface area contributed by atoms with E-state index in [0.29, 0.717) is 5.56 Å². The van der Waals surface area contributed by atoms with Gasteiger partial charge in [0.15, 0.2) is 17.7 Å². The second-order valence-electron chi connectivity index (χ2n) is 19.7. The zero-order chi connectivity index (χ0) is 56.4. The first kappa shape index (κ1) is 61.6. The van der Waals surface area contributed by atoms with E-state index in [4.69, 9.17) is 28.7 Å². The van der Waals surface area contributed by atoms with Crippen LogP contribution in [0.2, 0.25) is 0 Å². The number of nitrogens with two attached hydrogens (primary N) is 5. The Morgan fingerprint density at radius 3 is 2.01 bits per heavy atom. The molecule has 4 rings (SSSR count). The zero-order valence-electron chi connectivity index (χ0n) is 44.1. The fraction of sp³-hybridized carbons (Fsp3) is 0.519. The number of guanidine groups is 2. The second-order valence-corrected chi connectivity index (χ2v) is 19.7. The third-order valence-electron chi connectivity index (χ3n) is 13.4. The van der Waals surface area contributed by atoms with Crippen LogP contribution in [0.1, 0.15) is 121 Å². The molecule has 7 atom stereocenters. The van der Waals surface area contributed by atoms with Gasteiger partial charge in [0.05, 0.1) is 6.04 Å². The number of carbonyl (C=O) groups is 10. The van der Waals surface area contributed by atoms with Crippen molar-refractivity contribution in [2.45, 2.75) is 153 Å². The predicted molar refractivity (Wildman–Crippen MR) is 290 cm³/mol. The fourth-order valence-electron chi connectivity index (χ4n) is 9.24. The average Bonchev–Trinajstić information content (AvgIpc) is 3.79. The van der Waals surface area contributed by atoms with Crippen LogP contribution in [-0.2, 0) is 60.8 Å². The number of nitrogens with one attached hydrogen (secondary N) is 6. The van der Waals surface area contributed by atoms with E-state index < -0.39 is 95.5 Å². The number of aromatic nitrogens is 1. The van der Waals surface area contributed by atoms with Crippen LogP contribution in [0.3, 0.4) is 0 Å². The number of aliphatic imine (C=N–C) groups is 2. The number of ketones is 4. The molecule has 0 unspecified atom stereocenters. The highest BCUT2D eigenvalue weighted by atomic mass is 16.2. The fourth-order valence-corrected chi connectivity index (χ4v) is 9.24. The van der Waals surface area contributed by atoms with E-state index in [1.807, 2.05) is 24.3 Å².